The van der Waals surface area contributed by atoms with Gasteiger partial charge in [-0.2, -0.15) is 0 Å². The summed E-state index contributed by atoms with van der Waals surface area (Å²) in [6, 6.07) is 3.61. The van der Waals surface area contributed by atoms with Gasteiger partial charge in [0.25, 0.3) is 0 Å². The van der Waals surface area contributed by atoms with Gasteiger partial charge in [0.15, 0.2) is 11.6 Å². The molecule has 204 valence electrons. The minimum atomic E-state index is -0.198. The Balaban J connectivity index is 1.11. The SMILES string of the molecule is CCCC1CCC(CCC2CCC(C3CCC(CCc4cc(F)c(OCC)cc4C)CC3)CC2)CC1. The van der Waals surface area contributed by atoms with Crippen LogP contribution >= 0.6 is 0 Å². The Labute approximate surface area is 222 Å². The van der Waals surface area contributed by atoms with Crippen LogP contribution in [0.3, 0.4) is 0 Å². The third-order valence-corrected chi connectivity index (χ3v) is 10.6. The van der Waals surface area contributed by atoms with E-state index in [1.807, 2.05) is 13.0 Å². The quantitative estimate of drug-likeness (QED) is 0.295. The summed E-state index contributed by atoms with van der Waals surface area (Å²) >= 11 is 0. The molecule has 3 fully saturated rings. The Hall–Kier alpha value is -1.05. The fourth-order valence-corrected chi connectivity index (χ4v) is 8.18. The van der Waals surface area contributed by atoms with Crippen LogP contribution in [0, 0.1) is 48.2 Å². The zero-order chi connectivity index (χ0) is 25.3. The smallest absolute Gasteiger partial charge is 0.165 e. The van der Waals surface area contributed by atoms with E-state index in [0.29, 0.717) is 12.4 Å². The first kappa shape index (κ1) is 28.0. The molecule has 0 spiro atoms. The van der Waals surface area contributed by atoms with Gasteiger partial charge in [-0.05, 0) is 111 Å². The lowest BCUT2D eigenvalue weighted by atomic mass is 9.67. The fraction of sp³-hybridized carbons (Fsp3) is 0.824. The molecule has 3 aliphatic rings. The van der Waals surface area contributed by atoms with E-state index in [2.05, 4.69) is 13.8 Å². The molecule has 1 nitrogen and oxygen atoms in total. The molecule has 36 heavy (non-hydrogen) atoms. The molecule has 0 atom stereocenters. The summed E-state index contributed by atoms with van der Waals surface area (Å²) in [4.78, 5) is 0. The molecule has 1 aromatic rings. The topological polar surface area (TPSA) is 9.23 Å². The van der Waals surface area contributed by atoms with Crippen LogP contribution in [-0.2, 0) is 6.42 Å². The Kier molecular flexibility index (Phi) is 11.0. The average molecular weight is 499 g/mol. The Bertz CT molecular complexity index is 764. The maximum Gasteiger partial charge on any atom is 0.165 e. The summed E-state index contributed by atoms with van der Waals surface area (Å²) in [6.07, 6.45) is 25.9. The third-order valence-electron chi connectivity index (χ3n) is 10.6. The molecule has 2 heteroatoms. The highest BCUT2D eigenvalue weighted by Crippen LogP contribution is 2.44. The van der Waals surface area contributed by atoms with Gasteiger partial charge >= 0.3 is 0 Å². The van der Waals surface area contributed by atoms with E-state index in [9.17, 15) is 4.39 Å². The summed E-state index contributed by atoms with van der Waals surface area (Å²) in [6.45, 7) is 6.87. The molecule has 0 amide bonds. The van der Waals surface area contributed by atoms with E-state index in [4.69, 9.17) is 4.74 Å². The average Bonchev–Trinajstić information content (AvgIpc) is 2.90. The number of aryl methyl sites for hydroxylation is 2. The summed E-state index contributed by atoms with van der Waals surface area (Å²) in [7, 11) is 0. The van der Waals surface area contributed by atoms with Crippen molar-refractivity contribution in [3.05, 3.63) is 29.1 Å². The van der Waals surface area contributed by atoms with Gasteiger partial charge in [-0.15, -0.1) is 0 Å². The van der Waals surface area contributed by atoms with E-state index in [-0.39, 0.29) is 5.82 Å². The zero-order valence-electron chi connectivity index (χ0n) is 23.8. The van der Waals surface area contributed by atoms with Crippen LogP contribution in [0.1, 0.15) is 134 Å². The number of rotatable bonds is 11. The molecule has 3 saturated carbocycles. The second-order valence-corrected chi connectivity index (χ2v) is 13.0. The van der Waals surface area contributed by atoms with Gasteiger partial charge in [0.2, 0.25) is 0 Å². The molecular weight excluding hydrogens is 443 g/mol. The third kappa shape index (κ3) is 7.97. The molecule has 0 saturated heterocycles. The first-order valence-electron chi connectivity index (χ1n) is 16.0. The molecule has 4 rings (SSSR count). The molecule has 0 bridgehead atoms. The van der Waals surface area contributed by atoms with Crippen LogP contribution < -0.4 is 4.74 Å². The molecule has 0 aromatic heterocycles. The predicted octanol–water partition coefficient (Wildman–Crippen LogP) is 10.5. The van der Waals surface area contributed by atoms with Gasteiger partial charge in [0, 0.05) is 0 Å². The predicted molar refractivity (Wildman–Crippen MR) is 151 cm³/mol. The van der Waals surface area contributed by atoms with Crippen LogP contribution in [0.15, 0.2) is 12.1 Å². The summed E-state index contributed by atoms with van der Waals surface area (Å²) in [5, 5.41) is 0. The highest BCUT2D eigenvalue weighted by Gasteiger charge is 2.31. The lowest BCUT2D eigenvalue weighted by Crippen LogP contribution is -2.26. The lowest BCUT2D eigenvalue weighted by Gasteiger charge is -2.38. The van der Waals surface area contributed by atoms with Crippen LogP contribution in [0.25, 0.3) is 0 Å². The number of hydrogen-bond acceptors (Lipinski definition) is 1. The molecule has 0 radical (unpaired) electrons. The van der Waals surface area contributed by atoms with Crippen LogP contribution in [0.4, 0.5) is 4.39 Å². The molecular formula is C34H55FO. The maximum absolute atomic E-state index is 14.3. The van der Waals surface area contributed by atoms with Crippen LogP contribution in [0.2, 0.25) is 0 Å². The Morgan fingerprint density at radius 1 is 0.667 bits per heavy atom. The minimum Gasteiger partial charge on any atom is -0.491 e. The van der Waals surface area contributed by atoms with Gasteiger partial charge in [0.05, 0.1) is 6.61 Å². The number of hydrogen-bond donors (Lipinski definition) is 0. The molecule has 3 aliphatic carbocycles. The van der Waals surface area contributed by atoms with E-state index in [1.165, 1.54) is 120 Å². The largest absolute Gasteiger partial charge is 0.491 e. The monoisotopic (exact) mass is 498 g/mol. The van der Waals surface area contributed by atoms with E-state index in [1.54, 1.807) is 6.07 Å². The molecule has 1 aromatic carbocycles. The molecule has 0 aliphatic heterocycles. The van der Waals surface area contributed by atoms with E-state index >= 15 is 0 Å². The van der Waals surface area contributed by atoms with Crippen molar-refractivity contribution in [1.29, 1.82) is 0 Å². The summed E-state index contributed by atoms with van der Waals surface area (Å²) in [5.74, 6) is 6.17. The van der Waals surface area contributed by atoms with Crippen molar-refractivity contribution in [2.75, 3.05) is 6.61 Å². The van der Waals surface area contributed by atoms with Crippen molar-refractivity contribution in [1.82, 2.24) is 0 Å². The first-order chi connectivity index (χ1) is 17.6. The lowest BCUT2D eigenvalue weighted by molar-refractivity contribution is 0.136. The van der Waals surface area contributed by atoms with Crippen molar-refractivity contribution in [3.63, 3.8) is 0 Å². The van der Waals surface area contributed by atoms with Crippen molar-refractivity contribution in [2.24, 2.45) is 35.5 Å². The maximum atomic E-state index is 14.3. The van der Waals surface area contributed by atoms with E-state index in [0.717, 1.165) is 41.9 Å². The fourth-order valence-electron chi connectivity index (χ4n) is 8.18. The highest BCUT2D eigenvalue weighted by atomic mass is 19.1. The standard InChI is InChI=1S/C34H55FO/c1-4-6-26-7-9-27(10-8-26)11-12-28-13-18-30(19-14-28)31-20-15-29(16-21-31)17-22-32-24-33(35)34(36-5-2)23-25(32)3/h23-24,26-31H,4-22H2,1-3H3. The Morgan fingerprint density at radius 2 is 1.14 bits per heavy atom. The van der Waals surface area contributed by atoms with E-state index < -0.39 is 0 Å². The minimum absolute atomic E-state index is 0.198. The molecule has 0 unspecified atom stereocenters. The normalized spacial score (nSPS) is 31.3. The Morgan fingerprint density at radius 3 is 1.64 bits per heavy atom. The number of halogens is 1. The highest BCUT2D eigenvalue weighted by molar-refractivity contribution is 5.36. The first-order valence-corrected chi connectivity index (χ1v) is 16.0. The molecule has 0 heterocycles. The van der Waals surface area contributed by atoms with Crippen molar-refractivity contribution < 1.29 is 9.13 Å². The number of benzene rings is 1. The second kappa shape index (κ2) is 14.2. The van der Waals surface area contributed by atoms with Crippen molar-refractivity contribution in [2.45, 2.75) is 136 Å². The van der Waals surface area contributed by atoms with Gasteiger partial charge in [-0.1, -0.05) is 84.0 Å². The van der Waals surface area contributed by atoms with Crippen molar-refractivity contribution >= 4 is 0 Å². The molecule has 0 N–H and O–H groups in total. The second-order valence-electron chi connectivity index (χ2n) is 13.0. The van der Waals surface area contributed by atoms with Crippen LogP contribution in [-0.4, -0.2) is 6.61 Å². The van der Waals surface area contributed by atoms with Gasteiger partial charge < -0.3 is 4.74 Å². The van der Waals surface area contributed by atoms with Gasteiger partial charge in [-0.3, -0.25) is 0 Å². The summed E-state index contributed by atoms with van der Waals surface area (Å²) in [5.41, 5.74) is 2.35. The number of ether oxygens (including phenoxy) is 1. The summed E-state index contributed by atoms with van der Waals surface area (Å²) < 4.78 is 19.7. The van der Waals surface area contributed by atoms with Crippen LogP contribution in [0.5, 0.6) is 5.75 Å². The zero-order valence-corrected chi connectivity index (χ0v) is 23.8. The van der Waals surface area contributed by atoms with Gasteiger partial charge in [0.1, 0.15) is 0 Å². The van der Waals surface area contributed by atoms with Gasteiger partial charge in [-0.25, -0.2) is 4.39 Å². The van der Waals surface area contributed by atoms with Crippen molar-refractivity contribution in [3.8, 4) is 5.75 Å².